The Labute approximate surface area is 225 Å². The van der Waals surface area contributed by atoms with E-state index in [1.54, 1.807) is 35.2 Å². The van der Waals surface area contributed by atoms with Crippen LogP contribution in [0, 0.1) is 5.92 Å². The van der Waals surface area contributed by atoms with Crippen molar-refractivity contribution in [2.45, 2.75) is 69.8 Å². The summed E-state index contributed by atoms with van der Waals surface area (Å²) in [5, 5.41) is 14.7. The predicted octanol–water partition coefficient (Wildman–Crippen LogP) is 4.92. The summed E-state index contributed by atoms with van der Waals surface area (Å²) in [6, 6.07) is 11.0. The highest BCUT2D eigenvalue weighted by Gasteiger charge is 2.51. The number of hydrogen-bond acceptors (Lipinski definition) is 4. The first-order valence-corrected chi connectivity index (χ1v) is 13.3. The molecule has 3 N–H and O–H groups in total. The SMILES string of the molecule is CC1(C2CCCCC2)NC(c2cccc(C(F)(F)F)c2)C(=O)N1CCc1ccc(C(=O)NCCC(=O)O)cc1. The Kier molecular flexibility index (Phi) is 8.64. The molecule has 2 atom stereocenters. The molecule has 10 heteroatoms. The number of amides is 2. The molecule has 0 aromatic heterocycles. The van der Waals surface area contributed by atoms with E-state index in [0.717, 1.165) is 49.8 Å². The van der Waals surface area contributed by atoms with Crippen molar-refractivity contribution < 1.29 is 32.7 Å². The predicted molar refractivity (Wildman–Crippen MR) is 139 cm³/mol. The number of halogens is 3. The quantitative estimate of drug-likeness (QED) is 0.416. The first-order chi connectivity index (χ1) is 18.5. The van der Waals surface area contributed by atoms with Gasteiger partial charge in [0.15, 0.2) is 0 Å². The molecule has 1 heterocycles. The fourth-order valence-corrected chi connectivity index (χ4v) is 5.73. The fraction of sp³-hybridized carbons (Fsp3) is 0.483. The number of alkyl halides is 3. The van der Waals surface area contributed by atoms with Gasteiger partial charge in [-0.3, -0.25) is 19.7 Å². The Morgan fingerprint density at radius 1 is 1.10 bits per heavy atom. The van der Waals surface area contributed by atoms with Gasteiger partial charge in [-0.15, -0.1) is 0 Å². The molecule has 1 aliphatic heterocycles. The van der Waals surface area contributed by atoms with Crippen molar-refractivity contribution >= 4 is 17.8 Å². The Hall–Kier alpha value is -3.40. The molecule has 2 fully saturated rings. The van der Waals surface area contributed by atoms with Gasteiger partial charge in [0.05, 0.1) is 17.6 Å². The van der Waals surface area contributed by atoms with E-state index in [9.17, 15) is 27.6 Å². The molecule has 2 amide bonds. The molecule has 2 aliphatic rings. The summed E-state index contributed by atoms with van der Waals surface area (Å²) in [6.07, 6.45) is 0.955. The highest BCUT2D eigenvalue weighted by Crippen LogP contribution is 2.42. The van der Waals surface area contributed by atoms with Crippen LogP contribution < -0.4 is 10.6 Å². The highest BCUT2D eigenvalue weighted by atomic mass is 19.4. The van der Waals surface area contributed by atoms with Gasteiger partial charge in [0.25, 0.3) is 5.91 Å². The molecule has 7 nitrogen and oxygen atoms in total. The zero-order chi connectivity index (χ0) is 28.2. The van der Waals surface area contributed by atoms with Crippen LogP contribution in [0.15, 0.2) is 48.5 Å². The van der Waals surface area contributed by atoms with Crippen molar-refractivity contribution in [1.29, 1.82) is 0 Å². The van der Waals surface area contributed by atoms with Crippen LogP contribution in [0.3, 0.4) is 0 Å². The van der Waals surface area contributed by atoms with Crippen LogP contribution in [0.25, 0.3) is 0 Å². The van der Waals surface area contributed by atoms with E-state index in [2.05, 4.69) is 10.6 Å². The number of aliphatic carboxylic acids is 1. The molecule has 0 bridgehead atoms. The lowest BCUT2D eigenvalue weighted by molar-refractivity contribution is -0.138. The molecule has 2 aromatic carbocycles. The molecule has 2 unspecified atom stereocenters. The van der Waals surface area contributed by atoms with Crippen LogP contribution in [0.5, 0.6) is 0 Å². The van der Waals surface area contributed by atoms with E-state index in [1.165, 1.54) is 6.07 Å². The van der Waals surface area contributed by atoms with Crippen molar-refractivity contribution in [3.8, 4) is 0 Å². The van der Waals surface area contributed by atoms with Crippen LogP contribution in [0.2, 0.25) is 0 Å². The number of carbonyl (C=O) groups is 3. The number of benzene rings is 2. The highest BCUT2D eigenvalue weighted by molar-refractivity contribution is 5.94. The lowest BCUT2D eigenvalue weighted by atomic mass is 9.80. The van der Waals surface area contributed by atoms with E-state index >= 15 is 0 Å². The van der Waals surface area contributed by atoms with Crippen molar-refractivity contribution in [1.82, 2.24) is 15.5 Å². The third-order valence-corrected chi connectivity index (χ3v) is 7.92. The summed E-state index contributed by atoms with van der Waals surface area (Å²) >= 11 is 0. The minimum Gasteiger partial charge on any atom is -0.481 e. The van der Waals surface area contributed by atoms with E-state index in [4.69, 9.17) is 5.11 Å². The van der Waals surface area contributed by atoms with Crippen LogP contribution in [-0.2, 0) is 22.2 Å². The number of nitrogens with zero attached hydrogens (tertiary/aromatic N) is 1. The van der Waals surface area contributed by atoms with E-state index < -0.39 is 29.4 Å². The molecule has 4 rings (SSSR count). The van der Waals surface area contributed by atoms with Gasteiger partial charge in [-0.1, -0.05) is 43.5 Å². The van der Waals surface area contributed by atoms with Crippen LogP contribution in [-0.4, -0.2) is 46.5 Å². The molecule has 2 aromatic rings. The Morgan fingerprint density at radius 3 is 2.44 bits per heavy atom. The van der Waals surface area contributed by atoms with Crippen molar-refractivity contribution in [3.63, 3.8) is 0 Å². The molecule has 1 saturated carbocycles. The van der Waals surface area contributed by atoms with Gasteiger partial charge < -0.3 is 15.3 Å². The molecular formula is C29H34F3N3O4. The third-order valence-electron chi connectivity index (χ3n) is 7.92. The summed E-state index contributed by atoms with van der Waals surface area (Å²) in [5.41, 5.74) is 0.135. The molecule has 210 valence electrons. The Morgan fingerprint density at radius 2 is 1.79 bits per heavy atom. The standard InChI is InChI=1S/C29H34F3N3O4/c1-28(22-7-3-2-4-8-22)34-25(21-6-5-9-23(18-21)29(30,31)32)27(39)35(28)17-15-19-10-12-20(13-11-19)26(38)33-16-14-24(36)37/h5-6,9-13,18,22,25,34H,2-4,7-8,14-17H2,1H3,(H,33,38)(H,36,37). The summed E-state index contributed by atoms with van der Waals surface area (Å²) in [5.74, 6) is -1.41. The van der Waals surface area contributed by atoms with Gasteiger partial charge in [0.2, 0.25) is 5.91 Å². The van der Waals surface area contributed by atoms with Crippen molar-refractivity contribution in [3.05, 3.63) is 70.8 Å². The summed E-state index contributed by atoms with van der Waals surface area (Å²) in [7, 11) is 0. The number of hydrogen-bond donors (Lipinski definition) is 3. The van der Waals surface area contributed by atoms with Gasteiger partial charge in [-0.2, -0.15) is 13.2 Å². The number of nitrogens with one attached hydrogen (secondary N) is 2. The smallest absolute Gasteiger partial charge is 0.416 e. The molecule has 1 saturated heterocycles. The number of rotatable bonds is 9. The average Bonchev–Trinajstić information content (AvgIpc) is 3.18. The topological polar surface area (TPSA) is 98.7 Å². The van der Waals surface area contributed by atoms with Crippen LogP contribution in [0.4, 0.5) is 13.2 Å². The maximum Gasteiger partial charge on any atom is 0.416 e. The second kappa shape index (κ2) is 11.8. The minimum absolute atomic E-state index is 0.0345. The molecule has 0 radical (unpaired) electrons. The minimum atomic E-state index is -4.50. The maximum atomic E-state index is 13.7. The third kappa shape index (κ3) is 6.61. The summed E-state index contributed by atoms with van der Waals surface area (Å²) in [6.45, 7) is 2.39. The van der Waals surface area contributed by atoms with E-state index in [-0.39, 0.29) is 30.7 Å². The van der Waals surface area contributed by atoms with Crippen molar-refractivity contribution in [2.75, 3.05) is 13.1 Å². The van der Waals surface area contributed by atoms with Crippen molar-refractivity contribution in [2.24, 2.45) is 5.92 Å². The van der Waals surface area contributed by atoms with Gasteiger partial charge in [-0.05, 0) is 67.5 Å². The molecule has 0 spiro atoms. The molecular weight excluding hydrogens is 511 g/mol. The zero-order valence-corrected chi connectivity index (χ0v) is 21.9. The lowest BCUT2D eigenvalue weighted by Gasteiger charge is -2.43. The number of carboxylic acids is 1. The number of carboxylic acid groups (broad SMARTS) is 1. The first kappa shape index (κ1) is 28.6. The second-order valence-corrected chi connectivity index (χ2v) is 10.5. The van der Waals surface area contributed by atoms with Gasteiger partial charge in [0, 0.05) is 18.7 Å². The number of carbonyl (C=O) groups excluding carboxylic acids is 2. The normalized spacial score (nSPS) is 22.2. The van der Waals surface area contributed by atoms with E-state index in [0.29, 0.717) is 24.1 Å². The lowest BCUT2D eigenvalue weighted by Crippen LogP contribution is -2.56. The molecule has 1 aliphatic carbocycles. The Balaban J connectivity index is 1.50. The fourth-order valence-electron chi connectivity index (χ4n) is 5.73. The summed E-state index contributed by atoms with van der Waals surface area (Å²) in [4.78, 5) is 38.4. The monoisotopic (exact) mass is 545 g/mol. The average molecular weight is 546 g/mol. The largest absolute Gasteiger partial charge is 0.481 e. The second-order valence-electron chi connectivity index (χ2n) is 10.5. The molecule has 39 heavy (non-hydrogen) atoms. The van der Waals surface area contributed by atoms with Gasteiger partial charge in [0.1, 0.15) is 6.04 Å². The van der Waals surface area contributed by atoms with E-state index in [1.807, 2.05) is 6.92 Å². The summed E-state index contributed by atoms with van der Waals surface area (Å²) < 4.78 is 40.2. The maximum absolute atomic E-state index is 13.7. The zero-order valence-electron chi connectivity index (χ0n) is 21.9. The van der Waals surface area contributed by atoms with Gasteiger partial charge >= 0.3 is 12.1 Å². The van der Waals surface area contributed by atoms with Gasteiger partial charge in [-0.25, -0.2) is 0 Å². The van der Waals surface area contributed by atoms with Crippen LogP contribution in [0.1, 0.15) is 78.5 Å². The Bertz CT molecular complexity index is 1200. The van der Waals surface area contributed by atoms with Crippen LogP contribution >= 0.6 is 0 Å². The first-order valence-electron chi connectivity index (χ1n) is 13.3.